The molecule has 76 valence electrons. The Kier molecular flexibility index (Phi) is 3.00. The van der Waals surface area contributed by atoms with Gasteiger partial charge in [0, 0.05) is 20.5 Å². The molecule has 0 bridgehead atoms. The Morgan fingerprint density at radius 1 is 0.933 bits per heavy atom. The van der Waals surface area contributed by atoms with Crippen molar-refractivity contribution in [3.05, 3.63) is 45.3 Å². The van der Waals surface area contributed by atoms with E-state index in [-0.39, 0.29) is 0 Å². The minimum Gasteiger partial charge on any atom is -0.233 e. The van der Waals surface area contributed by atoms with Crippen molar-refractivity contribution in [3.63, 3.8) is 0 Å². The van der Waals surface area contributed by atoms with Crippen LogP contribution >= 0.6 is 22.6 Å². The van der Waals surface area contributed by atoms with Crippen LogP contribution in [0.3, 0.4) is 0 Å². The summed E-state index contributed by atoms with van der Waals surface area (Å²) in [5.41, 5.74) is 3.09. The maximum atomic E-state index is 4.42. The Morgan fingerprint density at radius 2 is 1.47 bits per heavy atom. The summed E-state index contributed by atoms with van der Waals surface area (Å²) in [5, 5.41) is 0. The molecule has 0 aliphatic carbocycles. The standard InChI is InChI=1S/C12H11IN2/c1-8-7-9(2)15-12(14-8)10-3-5-11(13)6-4-10/h3-7H,1-2H3. The molecule has 0 radical (unpaired) electrons. The van der Waals surface area contributed by atoms with E-state index in [4.69, 9.17) is 0 Å². The van der Waals surface area contributed by atoms with Crippen molar-refractivity contribution < 1.29 is 0 Å². The number of hydrogen-bond acceptors (Lipinski definition) is 2. The lowest BCUT2D eigenvalue weighted by Gasteiger charge is -2.03. The zero-order valence-corrected chi connectivity index (χ0v) is 10.8. The van der Waals surface area contributed by atoms with Crippen LogP contribution in [0.25, 0.3) is 11.4 Å². The highest BCUT2D eigenvalue weighted by molar-refractivity contribution is 14.1. The highest BCUT2D eigenvalue weighted by Gasteiger charge is 2.02. The lowest BCUT2D eigenvalue weighted by atomic mass is 10.2. The van der Waals surface area contributed by atoms with Gasteiger partial charge in [-0.25, -0.2) is 9.97 Å². The van der Waals surface area contributed by atoms with Crippen LogP contribution in [-0.4, -0.2) is 9.97 Å². The second-order valence-corrected chi connectivity index (χ2v) is 4.73. The molecule has 2 rings (SSSR count). The van der Waals surface area contributed by atoms with Crippen molar-refractivity contribution in [2.45, 2.75) is 13.8 Å². The van der Waals surface area contributed by atoms with E-state index in [0.29, 0.717) is 0 Å². The Hall–Kier alpha value is -0.970. The Balaban J connectivity index is 2.49. The maximum absolute atomic E-state index is 4.42. The minimum atomic E-state index is 0.809. The lowest BCUT2D eigenvalue weighted by Crippen LogP contribution is -1.94. The molecule has 0 atom stereocenters. The van der Waals surface area contributed by atoms with E-state index in [1.807, 2.05) is 19.9 Å². The molecule has 0 saturated heterocycles. The first kappa shape index (κ1) is 10.5. The fourth-order valence-electron chi connectivity index (χ4n) is 1.45. The van der Waals surface area contributed by atoms with Crippen LogP contribution in [0.5, 0.6) is 0 Å². The van der Waals surface area contributed by atoms with E-state index in [1.54, 1.807) is 0 Å². The number of nitrogens with zero attached hydrogens (tertiary/aromatic N) is 2. The molecule has 1 aromatic heterocycles. The Morgan fingerprint density at radius 3 is 2.00 bits per heavy atom. The van der Waals surface area contributed by atoms with Crippen LogP contribution < -0.4 is 0 Å². The smallest absolute Gasteiger partial charge is 0.159 e. The fourth-order valence-corrected chi connectivity index (χ4v) is 1.81. The zero-order valence-electron chi connectivity index (χ0n) is 8.66. The van der Waals surface area contributed by atoms with Crippen molar-refractivity contribution in [2.75, 3.05) is 0 Å². The van der Waals surface area contributed by atoms with Crippen molar-refractivity contribution >= 4 is 22.6 Å². The first-order valence-electron chi connectivity index (χ1n) is 4.73. The molecule has 2 aromatic rings. The van der Waals surface area contributed by atoms with Gasteiger partial charge in [-0.3, -0.25) is 0 Å². The SMILES string of the molecule is Cc1cc(C)nc(-c2ccc(I)cc2)n1. The van der Waals surface area contributed by atoms with Crippen LogP contribution in [0, 0.1) is 17.4 Å². The summed E-state index contributed by atoms with van der Waals surface area (Å²) < 4.78 is 1.22. The van der Waals surface area contributed by atoms with Crippen molar-refractivity contribution in [3.8, 4) is 11.4 Å². The zero-order chi connectivity index (χ0) is 10.8. The third kappa shape index (κ3) is 2.53. The van der Waals surface area contributed by atoms with Crippen LogP contribution in [0.1, 0.15) is 11.4 Å². The molecule has 0 N–H and O–H groups in total. The van der Waals surface area contributed by atoms with Crippen molar-refractivity contribution in [1.29, 1.82) is 0 Å². The molecule has 0 spiro atoms. The third-order valence-corrected chi connectivity index (χ3v) is 2.80. The first-order valence-corrected chi connectivity index (χ1v) is 5.81. The second-order valence-electron chi connectivity index (χ2n) is 3.48. The summed E-state index contributed by atoms with van der Waals surface area (Å²) in [7, 11) is 0. The molecule has 15 heavy (non-hydrogen) atoms. The molecule has 0 amide bonds. The van der Waals surface area contributed by atoms with Gasteiger partial charge < -0.3 is 0 Å². The monoisotopic (exact) mass is 310 g/mol. The Labute approximate surface area is 103 Å². The van der Waals surface area contributed by atoms with E-state index in [0.717, 1.165) is 22.8 Å². The van der Waals surface area contributed by atoms with Gasteiger partial charge in [-0.05, 0) is 54.6 Å². The number of aromatic nitrogens is 2. The minimum absolute atomic E-state index is 0.809. The average molecular weight is 310 g/mol. The molecular weight excluding hydrogens is 299 g/mol. The van der Waals surface area contributed by atoms with Gasteiger partial charge in [0.05, 0.1) is 0 Å². The number of aryl methyl sites for hydroxylation is 2. The summed E-state index contributed by atoms with van der Waals surface area (Å²) in [5.74, 6) is 0.809. The molecule has 1 aromatic carbocycles. The maximum Gasteiger partial charge on any atom is 0.159 e. The van der Waals surface area contributed by atoms with Gasteiger partial charge in [0.25, 0.3) is 0 Å². The lowest BCUT2D eigenvalue weighted by molar-refractivity contribution is 1.06. The van der Waals surface area contributed by atoms with E-state index in [9.17, 15) is 0 Å². The number of hydrogen-bond donors (Lipinski definition) is 0. The third-order valence-electron chi connectivity index (χ3n) is 2.08. The largest absolute Gasteiger partial charge is 0.233 e. The summed E-state index contributed by atoms with van der Waals surface area (Å²) in [4.78, 5) is 8.84. The molecular formula is C12H11IN2. The highest BCUT2D eigenvalue weighted by Crippen LogP contribution is 2.17. The molecule has 0 unspecified atom stereocenters. The predicted octanol–water partition coefficient (Wildman–Crippen LogP) is 3.37. The Bertz CT molecular complexity index is 457. The highest BCUT2D eigenvalue weighted by atomic mass is 127. The quantitative estimate of drug-likeness (QED) is 0.755. The summed E-state index contributed by atoms with van der Waals surface area (Å²) >= 11 is 2.29. The van der Waals surface area contributed by atoms with Gasteiger partial charge in [0.2, 0.25) is 0 Å². The van der Waals surface area contributed by atoms with E-state index in [1.165, 1.54) is 3.57 Å². The number of halogens is 1. The van der Waals surface area contributed by atoms with Crippen LogP contribution in [0.2, 0.25) is 0 Å². The molecule has 0 fully saturated rings. The van der Waals surface area contributed by atoms with Gasteiger partial charge in [-0.15, -0.1) is 0 Å². The summed E-state index contributed by atoms with van der Waals surface area (Å²) in [6, 6.07) is 10.2. The molecule has 3 heteroatoms. The molecule has 0 aliphatic heterocycles. The summed E-state index contributed by atoms with van der Waals surface area (Å²) in [6.07, 6.45) is 0. The van der Waals surface area contributed by atoms with Crippen LogP contribution in [-0.2, 0) is 0 Å². The number of rotatable bonds is 1. The molecule has 0 saturated carbocycles. The second kappa shape index (κ2) is 4.26. The molecule has 2 nitrogen and oxygen atoms in total. The molecule has 1 heterocycles. The van der Waals surface area contributed by atoms with Gasteiger partial charge in [0.15, 0.2) is 5.82 Å². The van der Waals surface area contributed by atoms with Gasteiger partial charge >= 0.3 is 0 Å². The van der Waals surface area contributed by atoms with E-state index >= 15 is 0 Å². The van der Waals surface area contributed by atoms with Crippen LogP contribution in [0.4, 0.5) is 0 Å². The van der Waals surface area contributed by atoms with Crippen LogP contribution in [0.15, 0.2) is 30.3 Å². The van der Waals surface area contributed by atoms with E-state index < -0.39 is 0 Å². The molecule has 0 aliphatic rings. The normalized spacial score (nSPS) is 10.3. The topological polar surface area (TPSA) is 25.8 Å². The van der Waals surface area contributed by atoms with E-state index in [2.05, 4.69) is 56.8 Å². The van der Waals surface area contributed by atoms with Crippen molar-refractivity contribution in [1.82, 2.24) is 9.97 Å². The van der Waals surface area contributed by atoms with Crippen molar-refractivity contribution in [2.24, 2.45) is 0 Å². The summed E-state index contributed by atoms with van der Waals surface area (Å²) in [6.45, 7) is 3.98. The fraction of sp³-hybridized carbons (Fsp3) is 0.167. The van der Waals surface area contributed by atoms with Gasteiger partial charge in [-0.1, -0.05) is 12.1 Å². The van der Waals surface area contributed by atoms with Gasteiger partial charge in [-0.2, -0.15) is 0 Å². The first-order chi connectivity index (χ1) is 7.15. The predicted molar refractivity (Wildman–Crippen MR) is 69.7 cm³/mol. The average Bonchev–Trinajstić information content (AvgIpc) is 2.17. The van der Waals surface area contributed by atoms with Gasteiger partial charge in [0.1, 0.15) is 0 Å². The number of benzene rings is 1.